The van der Waals surface area contributed by atoms with Gasteiger partial charge < -0.3 is 0 Å². The topological polar surface area (TPSA) is 0 Å². The first-order chi connectivity index (χ1) is 2.50. The third-order valence-corrected chi connectivity index (χ3v) is 9.91. The molecule has 0 bridgehead atoms. The molecular weight excluding hydrogens is 313 g/mol. The van der Waals surface area contributed by atoms with E-state index in [-0.39, 0.29) is 29.6 Å². The van der Waals surface area contributed by atoms with Gasteiger partial charge in [0.25, 0.3) is 0 Å². The maximum atomic E-state index is 2.42. The van der Waals surface area contributed by atoms with Gasteiger partial charge in [0.05, 0.1) is 0 Å². The van der Waals surface area contributed by atoms with Gasteiger partial charge in [-0.15, -0.1) is 0 Å². The normalized spacial score (nSPS) is 20.0. The van der Waals surface area contributed by atoms with Crippen LogP contribution in [0.4, 0.5) is 0 Å². The molecule has 0 nitrogen and oxygen atoms in total. The molecule has 0 fully saturated rings. The average Bonchev–Trinajstić information content (AvgIpc) is 1.76. The molecule has 6 heavy (non-hydrogen) atoms. The number of hydrogen-bond acceptors (Lipinski definition) is 0. The summed E-state index contributed by atoms with van der Waals surface area (Å²) in [5, 5.41) is 0. The van der Waals surface area contributed by atoms with Crippen molar-refractivity contribution in [3.05, 3.63) is 10.2 Å². The third kappa shape index (κ3) is 3.23. The van der Waals surface area contributed by atoms with Crippen LogP contribution in [-0.4, -0.2) is 34.0 Å². The Labute approximate surface area is 77.0 Å². The number of allylic oxidation sites excluding steroid dienone is 1. The molecule has 0 aromatic carbocycles. The van der Waals surface area contributed by atoms with Crippen LogP contribution in [0.15, 0.2) is 10.2 Å². The van der Waals surface area contributed by atoms with E-state index in [1.54, 1.807) is 0 Å². The van der Waals surface area contributed by atoms with Crippen molar-refractivity contribution in [3.63, 3.8) is 0 Å². The largest absolute Gasteiger partial charge is 0 e. The first-order valence-corrected chi connectivity index (χ1v) is 11.8. The van der Waals surface area contributed by atoms with E-state index in [9.17, 15) is 0 Å². The molecule has 3 heteroatoms. The maximum absolute atomic E-state index is 2.42. The van der Waals surface area contributed by atoms with Crippen LogP contribution in [0.25, 0.3) is 0 Å². The summed E-state index contributed by atoms with van der Waals surface area (Å²) >= 11 is 1.18. The minimum Gasteiger partial charge on any atom is 0 e. The van der Waals surface area contributed by atoms with Crippen molar-refractivity contribution in [1.29, 1.82) is 0 Å². The zero-order chi connectivity index (χ0) is 3.54. The predicted molar refractivity (Wildman–Crippen MR) is 50.6 cm³/mol. The van der Waals surface area contributed by atoms with Crippen LogP contribution in [0.5, 0.6) is 0 Å². The smallest absolute Gasteiger partial charge is 0 e. The fourth-order valence-corrected chi connectivity index (χ4v) is 8.84. The Morgan fingerprint density at radius 1 is 1.50 bits per heavy atom. The fraction of sp³-hybridized carbons (Fsp3) is 0.333. The summed E-state index contributed by atoms with van der Waals surface area (Å²) in [7, 11) is 0. The number of hydrogen-bond donors (Lipinski definition) is 0. The minimum atomic E-state index is 0. The fourth-order valence-electron chi connectivity index (χ4n) is 0.196. The summed E-state index contributed by atoms with van der Waals surface area (Å²) in [5.41, 5.74) is 0. The molecule has 1 aliphatic rings. The zero-order valence-corrected chi connectivity index (χ0v) is 10.3. The van der Waals surface area contributed by atoms with Crippen LogP contribution in [0, 0.1) is 0 Å². The second kappa shape index (κ2) is 5.34. The standard InChI is InChI=1S/C3H6I2.Na/c1-2-4-5-3-1;/h1-2,4-5H,3H2;. The molecular formula is C3H6I2Na. The third-order valence-electron chi connectivity index (χ3n) is 0.384. The summed E-state index contributed by atoms with van der Waals surface area (Å²) in [5.74, 6) is 0. The van der Waals surface area contributed by atoms with E-state index in [1.165, 1.54) is 4.43 Å². The SMILES string of the molecule is C1=C[IH][IH]C1.[Na]. The summed E-state index contributed by atoms with van der Waals surface area (Å²) < 4.78 is 3.93. The monoisotopic (exact) mass is 319 g/mol. The van der Waals surface area contributed by atoms with Gasteiger partial charge in [0.1, 0.15) is 0 Å². The Bertz CT molecular complexity index is 46.8. The summed E-state index contributed by atoms with van der Waals surface area (Å²) in [4.78, 5) is 0. The van der Waals surface area contributed by atoms with Crippen LogP contribution in [0.2, 0.25) is 0 Å². The van der Waals surface area contributed by atoms with Gasteiger partial charge in [-0.1, -0.05) is 0 Å². The van der Waals surface area contributed by atoms with Crippen LogP contribution < -0.4 is 0 Å². The van der Waals surface area contributed by atoms with E-state index < -0.39 is 0 Å². The molecule has 1 heterocycles. The first-order valence-electron chi connectivity index (χ1n) is 1.43. The van der Waals surface area contributed by atoms with Gasteiger partial charge in [-0.3, -0.25) is 0 Å². The zero-order valence-electron chi connectivity index (χ0n) is 3.68. The van der Waals surface area contributed by atoms with Gasteiger partial charge in [-0.05, 0) is 0 Å². The Kier molecular flexibility index (Phi) is 7.30. The van der Waals surface area contributed by atoms with Crippen molar-refractivity contribution in [1.82, 2.24) is 0 Å². The quantitative estimate of drug-likeness (QED) is 0.360. The maximum Gasteiger partial charge on any atom is 0 e. The van der Waals surface area contributed by atoms with Crippen molar-refractivity contribution in [2.75, 3.05) is 4.43 Å². The van der Waals surface area contributed by atoms with E-state index in [0.29, 0.717) is 34.5 Å². The summed E-state index contributed by atoms with van der Waals surface area (Å²) in [6.07, 6.45) is 2.35. The second-order valence-corrected chi connectivity index (χ2v) is 11.9. The average molecular weight is 319 g/mol. The molecule has 0 aliphatic carbocycles. The molecule has 0 atom stereocenters. The van der Waals surface area contributed by atoms with E-state index in [1.807, 2.05) is 0 Å². The van der Waals surface area contributed by atoms with E-state index in [0.717, 1.165) is 0 Å². The van der Waals surface area contributed by atoms with Gasteiger partial charge >= 0.3 is 49.0 Å². The van der Waals surface area contributed by atoms with Gasteiger partial charge in [-0.25, -0.2) is 0 Å². The molecule has 1 rings (SSSR count). The van der Waals surface area contributed by atoms with E-state index in [2.05, 4.69) is 10.2 Å². The Morgan fingerprint density at radius 2 is 2.33 bits per heavy atom. The van der Waals surface area contributed by atoms with Crippen LogP contribution >= 0.6 is 34.5 Å². The minimum absolute atomic E-state index is 0. The molecule has 0 saturated carbocycles. The van der Waals surface area contributed by atoms with E-state index in [4.69, 9.17) is 0 Å². The molecule has 0 amide bonds. The Balaban J connectivity index is 0.000000250. The van der Waals surface area contributed by atoms with Gasteiger partial charge in [0.2, 0.25) is 0 Å². The molecule has 33 valence electrons. The molecule has 0 aromatic heterocycles. The summed E-state index contributed by atoms with van der Waals surface area (Å²) in [6.45, 7) is 0. The van der Waals surface area contributed by atoms with Crippen molar-refractivity contribution in [3.8, 4) is 0 Å². The van der Waals surface area contributed by atoms with Crippen LogP contribution in [0.1, 0.15) is 0 Å². The van der Waals surface area contributed by atoms with Crippen molar-refractivity contribution in [2.45, 2.75) is 0 Å². The molecule has 0 spiro atoms. The van der Waals surface area contributed by atoms with E-state index >= 15 is 0 Å². The van der Waals surface area contributed by atoms with Gasteiger partial charge in [0.15, 0.2) is 0 Å². The van der Waals surface area contributed by atoms with Gasteiger partial charge in [0, 0.05) is 29.6 Å². The number of halogens is 2. The van der Waals surface area contributed by atoms with Crippen LogP contribution in [0.3, 0.4) is 0 Å². The van der Waals surface area contributed by atoms with Gasteiger partial charge in [-0.2, -0.15) is 0 Å². The Hall–Kier alpha value is 2.20. The van der Waals surface area contributed by atoms with Crippen molar-refractivity contribution < 1.29 is 0 Å². The van der Waals surface area contributed by atoms with Crippen molar-refractivity contribution in [2.24, 2.45) is 0 Å². The predicted octanol–water partition coefficient (Wildman–Crippen LogP) is 1.45. The molecule has 1 radical (unpaired) electrons. The molecule has 0 unspecified atom stereocenters. The van der Waals surface area contributed by atoms with Crippen LogP contribution in [-0.2, 0) is 0 Å². The molecule has 0 aromatic rings. The molecule has 1 aliphatic heterocycles. The number of alkyl halides is 1. The second-order valence-electron chi connectivity index (χ2n) is 0.753. The summed E-state index contributed by atoms with van der Waals surface area (Å²) in [6, 6.07) is 0. The molecule has 0 saturated heterocycles. The first kappa shape index (κ1) is 8.20. The number of rotatable bonds is 0. The van der Waals surface area contributed by atoms with Crippen molar-refractivity contribution >= 4 is 64.0 Å². The molecule has 0 N–H and O–H groups in total. The Morgan fingerprint density at radius 3 is 2.50 bits per heavy atom.